The number of carbonyl (C=O) groups excluding carboxylic acids is 2. The molecule has 2 aromatic heterocycles. The molecular weight excluding hydrogens is 311 g/mol. The van der Waals surface area contributed by atoms with Crippen LogP contribution in [0.3, 0.4) is 0 Å². The zero-order valence-corrected chi connectivity index (χ0v) is 12.4. The molecule has 0 spiro atoms. The van der Waals surface area contributed by atoms with Gasteiger partial charge < -0.3 is 15.6 Å². The van der Waals surface area contributed by atoms with Crippen molar-refractivity contribution >= 4 is 17.5 Å². The van der Waals surface area contributed by atoms with Crippen molar-refractivity contribution in [3.8, 4) is 5.69 Å². The van der Waals surface area contributed by atoms with E-state index in [0.717, 1.165) is 0 Å². The summed E-state index contributed by atoms with van der Waals surface area (Å²) < 4.78 is 15.2. The minimum atomic E-state index is -0.652. The highest BCUT2D eigenvalue weighted by molar-refractivity contribution is 6.05. The summed E-state index contributed by atoms with van der Waals surface area (Å²) in [6.07, 6.45) is 4.79. The first kappa shape index (κ1) is 15.4. The van der Waals surface area contributed by atoms with Gasteiger partial charge in [-0.3, -0.25) is 14.6 Å². The number of anilines is 1. The number of pyridine rings is 1. The number of nitrogens with one attached hydrogen (secondary N) is 1. The molecule has 0 bridgehead atoms. The standard InChI is InChI=1S/C17H13FN4O2/c18-12-3-4-13(15(10-12)22-7-1-2-8-22)21-17(24)14-9-11(16(19)23)5-6-20-14/h1-10H,(H2,19,23)(H,21,24). The molecule has 3 N–H and O–H groups in total. The van der Waals surface area contributed by atoms with Crippen LogP contribution in [0, 0.1) is 5.82 Å². The molecule has 0 saturated heterocycles. The number of nitrogens with zero attached hydrogens (tertiary/aromatic N) is 2. The zero-order chi connectivity index (χ0) is 17.1. The predicted molar refractivity (Wildman–Crippen MR) is 86.4 cm³/mol. The second-order valence-electron chi connectivity index (χ2n) is 5.00. The number of carbonyl (C=O) groups is 2. The average Bonchev–Trinajstić information content (AvgIpc) is 3.11. The number of hydrogen-bond donors (Lipinski definition) is 2. The molecule has 0 unspecified atom stereocenters. The Morgan fingerprint density at radius 3 is 2.58 bits per heavy atom. The fourth-order valence-electron chi connectivity index (χ4n) is 2.21. The van der Waals surface area contributed by atoms with Crippen molar-refractivity contribution in [2.24, 2.45) is 5.73 Å². The molecule has 0 aliphatic rings. The summed E-state index contributed by atoms with van der Waals surface area (Å²) in [6, 6.07) is 10.3. The normalized spacial score (nSPS) is 10.4. The van der Waals surface area contributed by atoms with Crippen molar-refractivity contribution in [1.82, 2.24) is 9.55 Å². The maximum atomic E-state index is 13.6. The van der Waals surface area contributed by atoms with E-state index in [1.807, 2.05) is 0 Å². The number of hydrogen-bond acceptors (Lipinski definition) is 3. The van der Waals surface area contributed by atoms with Gasteiger partial charge in [-0.2, -0.15) is 0 Å². The first-order valence-electron chi connectivity index (χ1n) is 7.05. The third-order valence-electron chi connectivity index (χ3n) is 3.37. The van der Waals surface area contributed by atoms with Crippen molar-refractivity contribution < 1.29 is 14.0 Å². The minimum absolute atomic E-state index is 0.0362. The topological polar surface area (TPSA) is 90.0 Å². The molecule has 0 saturated carbocycles. The lowest BCUT2D eigenvalue weighted by Gasteiger charge is -2.12. The van der Waals surface area contributed by atoms with Crippen molar-refractivity contribution in [1.29, 1.82) is 0 Å². The fraction of sp³-hybridized carbons (Fsp3) is 0. The van der Waals surface area contributed by atoms with Gasteiger partial charge in [0.1, 0.15) is 11.5 Å². The van der Waals surface area contributed by atoms with Gasteiger partial charge in [-0.05, 0) is 42.5 Å². The molecule has 0 atom stereocenters. The first-order valence-corrected chi connectivity index (χ1v) is 7.05. The largest absolute Gasteiger partial charge is 0.366 e. The minimum Gasteiger partial charge on any atom is -0.366 e. The third kappa shape index (κ3) is 3.14. The van der Waals surface area contributed by atoms with Crippen LogP contribution in [0.1, 0.15) is 20.8 Å². The molecule has 24 heavy (non-hydrogen) atoms. The second-order valence-corrected chi connectivity index (χ2v) is 5.00. The van der Waals surface area contributed by atoms with Crippen LogP contribution < -0.4 is 11.1 Å². The molecule has 7 heteroatoms. The third-order valence-corrected chi connectivity index (χ3v) is 3.37. The van der Waals surface area contributed by atoms with Gasteiger partial charge >= 0.3 is 0 Å². The number of aromatic nitrogens is 2. The molecule has 3 rings (SSSR count). The zero-order valence-electron chi connectivity index (χ0n) is 12.4. The van der Waals surface area contributed by atoms with Crippen LogP contribution in [-0.2, 0) is 0 Å². The summed E-state index contributed by atoms with van der Waals surface area (Å²) in [5.74, 6) is -1.61. The van der Waals surface area contributed by atoms with Crippen molar-refractivity contribution in [2.75, 3.05) is 5.32 Å². The predicted octanol–water partition coefficient (Wildman–Crippen LogP) is 2.36. The van der Waals surface area contributed by atoms with Crippen molar-refractivity contribution in [2.45, 2.75) is 0 Å². The lowest BCUT2D eigenvalue weighted by Crippen LogP contribution is -2.17. The van der Waals surface area contributed by atoms with E-state index in [1.165, 1.54) is 36.5 Å². The van der Waals surface area contributed by atoms with Crippen LogP contribution >= 0.6 is 0 Å². The molecule has 120 valence electrons. The summed E-state index contributed by atoms with van der Waals surface area (Å²) in [6.45, 7) is 0. The van der Waals surface area contributed by atoms with E-state index in [9.17, 15) is 14.0 Å². The van der Waals surface area contributed by atoms with E-state index >= 15 is 0 Å². The molecule has 0 aliphatic heterocycles. The molecule has 0 aliphatic carbocycles. The number of amides is 2. The molecule has 1 aromatic carbocycles. The summed E-state index contributed by atoms with van der Waals surface area (Å²) in [4.78, 5) is 27.5. The van der Waals surface area contributed by atoms with Gasteiger partial charge in [0.15, 0.2) is 0 Å². The maximum Gasteiger partial charge on any atom is 0.274 e. The van der Waals surface area contributed by atoms with Crippen LogP contribution in [0.5, 0.6) is 0 Å². The van der Waals surface area contributed by atoms with Crippen LogP contribution in [0.15, 0.2) is 61.1 Å². The number of rotatable bonds is 4. The fourth-order valence-corrected chi connectivity index (χ4v) is 2.21. The molecule has 0 fully saturated rings. The van der Waals surface area contributed by atoms with Gasteiger partial charge in [0.2, 0.25) is 5.91 Å². The Morgan fingerprint density at radius 1 is 1.12 bits per heavy atom. The lowest BCUT2D eigenvalue weighted by molar-refractivity contribution is 0.1000. The van der Waals surface area contributed by atoms with Gasteiger partial charge in [0, 0.05) is 24.2 Å². The number of halogens is 1. The van der Waals surface area contributed by atoms with Crippen molar-refractivity contribution in [3.63, 3.8) is 0 Å². The van der Waals surface area contributed by atoms with Gasteiger partial charge in [-0.25, -0.2) is 4.39 Å². The number of nitrogens with two attached hydrogens (primary N) is 1. The highest BCUT2D eigenvalue weighted by Crippen LogP contribution is 2.22. The second kappa shape index (κ2) is 6.33. The summed E-state index contributed by atoms with van der Waals surface area (Å²) in [7, 11) is 0. The van der Waals surface area contributed by atoms with E-state index < -0.39 is 17.6 Å². The highest BCUT2D eigenvalue weighted by Gasteiger charge is 2.13. The summed E-state index contributed by atoms with van der Waals surface area (Å²) in [5.41, 5.74) is 6.29. The first-order chi connectivity index (χ1) is 11.5. The average molecular weight is 324 g/mol. The molecule has 3 aromatic rings. The quantitative estimate of drug-likeness (QED) is 0.772. The van der Waals surface area contributed by atoms with E-state index in [0.29, 0.717) is 11.4 Å². The van der Waals surface area contributed by atoms with E-state index in [2.05, 4.69) is 10.3 Å². The smallest absolute Gasteiger partial charge is 0.274 e. The van der Waals surface area contributed by atoms with Gasteiger partial charge in [-0.1, -0.05) is 0 Å². The van der Waals surface area contributed by atoms with Crippen LogP contribution in [0.25, 0.3) is 5.69 Å². The Morgan fingerprint density at radius 2 is 1.88 bits per heavy atom. The lowest BCUT2D eigenvalue weighted by atomic mass is 10.2. The molecule has 6 nitrogen and oxygen atoms in total. The van der Waals surface area contributed by atoms with Crippen LogP contribution in [0.4, 0.5) is 10.1 Å². The van der Waals surface area contributed by atoms with Gasteiger partial charge in [0.05, 0.1) is 11.4 Å². The Hall–Kier alpha value is -3.48. The summed E-state index contributed by atoms with van der Waals surface area (Å²) in [5, 5.41) is 2.67. The van der Waals surface area contributed by atoms with E-state index in [4.69, 9.17) is 5.73 Å². The maximum absolute atomic E-state index is 13.6. The number of primary amides is 1. The van der Waals surface area contributed by atoms with Crippen LogP contribution in [0.2, 0.25) is 0 Å². The summed E-state index contributed by atoms with van der Waals surface area (Å²) >= 11 is 0. The van der Waals surface area contributed by atoms with Gasteiger partial charge in [-0.15, -0.1) is 0 Å². The monoisotopic (exact) mass is 324 g/mol. The Balaban J connectivity index is 1.93. The molecular formula is C17H13FN4O2. The molecule has 0 radical (unpaired) electrons. The molecule has 2 amide bonds. The highest BCUT2D eigenvalue weighted by atomic mass is 19.1. The van der Waals surface area contributed by atoms with E-state index in [-0.39, 0.29) is 11.3 Å². The van der Waals surface area contributed by atoms with Gasteiger partial charge in [0.25, 0.3) is 5.91 Å². The Labute approximate surface area is 136 Å². The SMILES string of the molecule is NC(=O)c1ccnc(C(=O)Nc2ccc(F)cc2-n2cccc2)c1. The Kier molecular flexibility index (Phi) is 4.07. The van der Waals surface area contributed by atoms with Crippen molar-refractivity contribution in [3.05, 3.63) is 78.1 Å². The van der Waals surface area contributed by atoms with E-state index in [1.54, 1.807) is 29.1 Å². The Bertz CT molecular complexity index is 907. The number of benzene rings is 1. The van der Waals surface area contributed by atoms with Crippen LogP contribution in [-0.4, -0.2) is 21.4 Å². The molecule has 2 heterocycles.